The number of piperazine rings is 1. The van der Waals surface area contributed by atoms with Crippen LogP contribution in [0.25, 0.3) is 0 Å². The number of nitrogens with one attached hydrogen (secondary N) is 2. The molecule has 12 nitrogen and oxygen atoms in total. The Morgan fingerprint density at radius 1 is 1.02 bits per heavy atom. The molecule has 16 heteroatoms. The van der Waals surface area contributed by atoms with E-state index in [2.05, 4.69) is 15.6 Å². The standard InChI is InChI=1S/C31H43ClF2N8O4S/c32-27-17-23(31(33,34)22-3-1-21(2-4-22)30(44)38-12-11-37-10-9-35)18-28(39-27)40-13-15-41(16-14-40)47(45,46)26-7-5-25(6-8-26)42-20-24(36)19-29(42)43/h5-8,17-18,21-22,24,37H,1-4,9-16,19-20,35-36H2,(H,38,44)/t21?,22?,24-/m1/s1. The Morgan fingerprint density at radius 3 is 2.32 bits per heavy atom. The second-order valence-electron chi connectivity index (χ2n) is 12.4. The van der Waals surface area contributed by atoms with Gasteiger partial charge in [0.2, 0.25) is 21.8 Å². The third-order valence-electron chi connectivity index (χ3n) is 9.20. The van der Waals surface area contributed by atoms with Crippen molar-refractivity contribution < 1.29 is 26.8 Å². The van der Waals surface area contributed by atoms with Gasteiger partial charge < -0.3 is 31.9 Å². The number of nitrogens with two attached hydrogens (primary N) is 2. The maximum Gasteiger partial charge on any atom is 0.276 e. The summed E-state index contributed by atoms with van der Waals surface area (Å²) in [5, 5.41) is 5.90. The number of carbonyl (C=O) groups excluding carboxylic acids is 2. The van der Waals surface area contributed by atoms with Crippen molar-refractivity contribution >= 4 is 44.9 Å². The van der Waals surface area contributed by atoms with Gasteiger partial charge in [-0.2, -0.15) is 4.31 Å². The number of hydrogen-bond acceptors (Lipinski definition) is 9. The van der Waals surface area contributed by atoms with Crippen LogP contribution >= 0.6 is 11.6 Å². The first-order valence-electron chi connectivity index (χ1n) is 16.1. The smallest absolute Gasteiger partial charge is 0.276 e. The van der Waals surface area contributed by atoms with Gasteiger partial charge in [-0.05, 0) is 62.1 Å². The van der Waals surface area contributed by atoms with Crippen molar-refractivity contribution in [2.24, 2.45) is 23.3 Å². The molecule has 5 rings (SSSR count). The van der Waals surface area contributed by atoms with Crippen molar-refractivity contribution in [3.05, 3.63) is 47.1 Å². The van der Waals surface area contributed by atoms with Crippen LogP contribution in [0.4, 0.5) is 20.3 Å². The summed E-state index contributed by atoms with van der Waals surface area (Å²) < 4.78 is 59.8. The quantitative estimate of drug-likeness (QED) is 0.191. The highest BCUT2D eigenvalue weighted by molar-refractivity contribution is 7.89. The molecule has 0 radical (unpaired) electrons. The number of pyridine rings is 1. The van der Waals surface area contributed by atoms with E-state index >= 15 is 8.78 Å². The maximum atomic E-state index is 15.9. The van der Waals surface area contributed by atoms with Crippen LogP contribution in [0.1, 0.15) is 37.7 Å². The Balaban J connectivity index is 1.17. The summed E-state index contributed by atoms with van der Waals surface area (Å²) in [5.41, 5.74) is 11.7. The molecule has 2 aliphatic heterocycles. The average Bonchev–Trinajstić information content (AvgIpc) is 3.41. The molecule has 0 unspecified atom stereocenters. The molecule has 3 fully saturated rings. The fourth-order valence-electron chi connectivity index (χ4n) is 6.53. The highest BCUT2D eigenvalue weighted by atomic mass is 35.5. The van der Waals surface area contributed by atoms with Crippen LogP contribution in [-0.2, 0) is 25.5 Å². The van der Waals surface area contributed by atoms with Gasteiger partial charge in [0, 0.05) is 94.5 Å². The molecule has 0 bridgehead atoms. The topological polar surface area (TPSA) is 167 Å². The first kappa shape index (κ1) is 35.4. The number of rotatable bonds is 12. The van der Waals surface area contributed by atoms with Gasteiger partial charge in [0.15, 0.2) is 0 Å². The van der Waals surface area contributed by atoms with E-state index < -0.39 is 21.9 Å². The lowest BCUT2D eigenvalue weighted by molar-refractivity contribution is -0.129. The Bertz CT molecular complexity index is 1520. The van der Waals surface area contributed by atoms with E-state index in [1.165, 1.54) is 28.6 Å². The number of carbonyl (C=O) groups is 2. The minimum atomic E-state index is -3.83. The summed E-state index contributed by atoms with van der Waals surface area (Å²) in [4.78, 5) is 32.4. The van der Waals surface area contributed by atoms with Crippen molar-refractivity contribution in [2.75, 3.05) is 68.7 Å². The molecule has 3 aliphatic rings. The fraction of sp³-hybridized carbons (Fsp3) is 0.581. The van der Waals surface area contributed by atoms with Crippen molar-refractivity contribution in [2.45, 2.75) is 49.0 Å². The van der Waals surface area contributed by atoms with Crippen molar-refractivity contribution in [3.63, 3.8) is 0 Å². The summed E-state index contributed by atoms with van der Waals surface area (Å²) in [6, 6.07) is 8.42. The van der Waals surface area contributed by atoms with Crippen LogP contribution in [0.2, 0.25) is 5.15 Å². The fourth-order valence-corrected chi connectivity index (χ4v) is 8.15. The van der Waals surface area contributed by atoms with E-state index in [0.717, 1.165) is 0 Å². The number of hydrogen-bond donors (Lipinski definition) is 4. The number of amides is 2. The molecule has 258 valence electrons. The van der Waals surface area contributed by atoms with Gasteiger partial charge in [0.25, 0.3) is 5.92 Å². The largest absolute Gasteiger partial charge is 0.355 e. The van der Waals surface area contributed by atoms with Gasteiger partial charge in [0.05, 0.1) is 4.90 Å². The van der Waals surface area contributed by atoms with Gasteiger partial charge in [-0.25, -0.2) is 22.2 Å². The number of anilines is 2. The Labute approximate surface area is 279 Å². The molecule has 1 saturated carbocycles. The third kappa shape index (κ3) is 8.20. The zero-order chi connectivity index (χ0) is 33.8. The zero-order valence-electron chi connectivity index (χ0n) is 26.2. The molecule has 0 spiro atoms. The molecule has 6 N–H and O–H groups in total. The third-order valence-corrected chi connectivity index (χ3v) is 11.3. The number of halogens is 3. The summed E-state index contributed by atoms with van der Waals surface area (Å²) in [6.45, 7) is 3.32. The van der Waals surface area contributed by atoms with E-state index in [0.29, 0.717) is 51.3 Å². The number of nitrogens with zero attached hydrogens (tertiary/aromatic N) is 4. The van der Waals surface area contributed by atoms with Crippen LogP contribution in [0.3, 0.4) is 0 Å². The monoisotopic (exact) mass is 696 g/mol. The summed E-state index contributed by atoms with van der Waals surface area (Å²) >= 11 is 6.24. The number of benzene rings is 1. The summed E-state index contributed by atoms with van der Waals surface area (Å²) in [6.07, 6.45) is 1.40. The second-order valence-corrected chi connectivity index (χ2v) is 14.7. The first-order valence-corrected chi connectivity index (χ1v) is 17.9. The zero-order valence-corrected chi connectivity index (χ0v) is 27.8. The van der Waals surface area contributed by atoms with E-state index in [1.54, 1.807) is 21.9 Å². The molecule has 3 heterocycles. The number of alkyl halides is 2. The lowest BCUT2D eigenvalue weighted by atomic mass is 9.77. The Morgan fingerprint density at radius 2 is 1.70 bits per heavy atom. The molecule has 1 atom stereocenters. The molecular formula is C31H43ClF2N8O4S. The van der Waals surface area contributed by atoms with Crippen LogP contribution in [0, 0.1) is 11.8 Å². The molecule has 47 heavy (non-hydrogen) atoms. The van der Waals surface area contributed by atoms with Crippen molar-refractivity contribution in [3.8, 4) is 0 Å². The normalized spacial score (nSPS) is 22.9. The molecule has 2 saturated heterocycles. The van der Waals surface area contributed by atoms with Gasteiger partial charge in [-0.15, -0.1) is 0 Å². The molecule has 1 aliphatic carbocycles. The molecular weight excluding hydrogens is 654 g/mol. The first-order chi connectivity index (χ1) is 22.4. The van der Waals surface area contributed by atoms with Crippen LogP contribution in [-0.4, -0.2) is 94.5 Å². The van der Waals surface area contributed by atoms with Crippen LogP contribution in [0.15, 0.2) is 41.3 Å². The highest BCUT2D eigenvalue weighted by Gasteiger charge is 2.44. The van der Waals surface area contributed by atoms with Crippen LogP contribution in [0.5, 0.6) is 0 Å². The second kappa shape index (κ2) is 15.1. The maximum absolute atomic E-state index is 15.9. The van der Waals surface area contributed by atoms with Crippen molar-refractivity contribution in [1.29, 1.82) is 0 Å². The SMILES string of the molecule is NCCNCCNC(=O)C1CCC(C(F)(F)c2cc(Cl)nc(N3CCN(S(=O)(=O)c4ccc(N5C[C@H](N)CC5=O)cc4)CC3)c2)CC1. The lowest BCUT2D eigenvalue weighted by Gasteiger charge is -2.36. The van der Waals surface area contributed by atoms with Gasteiger partial charge in [-0.1, -0.05) is 11.6 Å². The summed E-state index contributed by atoms with van der Waals surface area (Å²) in [5.74, 6) is -4.38. The minimum absolute atomic E-state index is 0.0685. The highest BCUT2D eigenvalue weighted by Crippen LogP contribution is 2.46. The van der Waals surface area contributed by atoms with E-state index in [-0.39, 0.29) is 90.6 Å². The predicted molar refractivity (Wildman–Crippen MR) is 176 cm³/mol. The van der Waals surface area contributed by atoms with Gasteiger partial charge in [0.1, 0.15) is 11.0 Å². The van der Waals surface area contributed by atoms with E-state index in [9.17, 15) is 18.0 Å². The van der Waals surface area contributed by atoms with Crippen molar-refractivity contribution in [1.82, 2.24) is 19.9 Å². The van der Waals surface area contributed by atoms with E-state index in [1.807, 2.05) is 0 Å². The van der Waals surface area contributed by atoms with Gasteiger partial charge >= 0.3 is 0 Å². The summed E-state index contributed by atoms with van der Waals surface area (Å²) in [7, 11) is -3.83. The molecule has 2 aromatic rings. The Kier molecular flexibility index (Phi) is 11.3. The minimum Gasteiger partial charge on any atom is -0.355 e. The molecule has 1 aromatic heterocycles. The van der Waals surface area contributed by atoms with Gasteiger partial charge in [-0.3, -0.25) is 9.59 Å². The molecule has 1 aromatic carbocycles. The lowest BCUT2D eigenvalue weighted by Crippen LogP contribution is -2.49. The Hall–Kier alpha value is -2.95. The number of aromatic nitrogens is 1. The number of sulfonamides is 1. The van der Waals surface area contributed by atoms with Crippen LogP contribution < -0.4 is 31.9 Å². The average molecular weight is 697 g/mol. The van der Waals surface area contributed by atoms with E-state index in [4.69, 9.17) is 23.1 Å². The molecule has 2 amide bonds. The predicted octanol–water partition coefficient (Wildman–Crippen LogP) is 1.87.